The van der Waals surface area contributed by atoms with Gasteiger partial charge < -0.3 is 10.0 Å². The van der Waals surface area contributed by atoms with Crippen molar-refractivity contribution in [2.24, 2.45) is 5.92 Å². The standard InChI is InChI=1S/C13H19N3O2/c1-9-8-14-10(2)13(15-9)16-5-3-11(4-6-16)7-12(17)18/h8,11H,3-7H2,1-2H3,(H,17,18). The molecule has 0 aromatic carbocycles. The summed E-state index contributed by atoms with van der Waals surface area (Å²) < 4.78 is 0. The molecule has 0 unspecified atom stereocenters. The maximum Gasteiger partial charge on any atom is 0.303 e. The third-order valence-corrected chi connectivity index (χ3v) is 3.43. The number of aromatic nitrogens is 2. The van der Waals surface area contributed by atoms with Crippen LogP contribution in [0.3, 0.4) is 0 Å². The molecule has 98 valence electrons. The average Bonchev–Trinajstić information content (AvgIpc) is 2.33. The number of nitrogens with zero attached hydrogens (tertiary/aromatic N) is 3. The number of piperidine rings is 1. The molecule has 5 heteroatoms. The molecule has 1 aromatic heterocycles. The minimum absolute atomic E-state index is 0.284. The van der Waals surface area contributed by atoms with Gasteiger partial charge in [-0.15, -0.1) is 0 Å². The summed E-state index contributed by atoms with van der Waals surface area (Å²) in [5.41, 5.74) is 1.86. The van der Waals surface area contributed by atoms with Gasteiger partial charge in [-0.05, 0) is 32.6 Å². The van der Waals surface area contributed by atoms with Crippen LogP contribution in [-0.2, 0) is 4.79 Å². The van der Waals surface area contributed by atoms with E-state index in [0.717, 1.165) is 43.1 Å². The van der Waals surface area contributed by atoms with Crippen molar-refractivity contribution in [1.29, 1.82) is 0 Å². The largest absolute Gasteiger partial charge is 0.481 e. The van der Waals surface area contributed by atoms with Gasteiger partial charge in [-0.3, -0.25) is 9.78 Å². The molecule has 1 N–H and O–H groups in total. The van der Waals surface area contributed by atoms with Crippen LogP contribution in [0.4, 0.5) is 5.82 Å². The lowest BCUT2D eigenvalue weighted by Gasteiger charge is -2.32. The summed E-state index contributed by atoms with van der Waals surface area (Å²) in [5, 5.41) is 8.79. The molecule has 5 nitrogen and oxygen atoms in total. The van der Waals surface area contributed by atoms with Gasteiger partial charge in [0.25, 0.3) is 0 Å². The van der Waals surface area contributed by atoms with Crippen LogP contribution in [0, 0.1) is 19.8 Å². The first kappa shape index (κ1) is 12.8. The Morgan fingerprint density at radius 1 is 1.44 bits per heavy atom. The number of anilines is 1. The van der Waals surface area contributed by atoms with E-state index < -0.39 is 5.97 Å². The molecule has 2 heterocycles. The van der Waals surface area contributed by atoms with Crippen molar-refractivity contribution in [1.82, 2.24) is 9.97 Å². The van der Waals surface area contributed by atoms with E-state index in [9.17, 15) is 4.79 Å². The van der Waals surface area contributed by atoms with E-state index in [-0.39, 0.29) is 6.42 Å². The lowest BCUT2D eigenvalue weighted by atomic mass is 9.93. The third-order valence-electron chi connectivity index (χ3n) is 3.43. The summed E-state index contributed by atoms with van der Waals surface area (Å²) in [6.45, 7) is 5.64. The number of aliphatic carboxylic acids is 1. The highest BCUT2D eigenvalue weighted by Gasteiger charge is 2.23. The molecule has 1 aliphatic heterocycles. The highest BCUT2D eigenvalue weighted by Crippen LogP contribution is 2.25. The molecule has 0 atom stereocenters. The fraction of sp³-hybridized carbons (Fsp3) is 0.615. The number of hydrogen-bond acceptors (Lipinski definition) is 4. The van der Waals surface area contributed by atoms with Gasteiger partial charge in [0.2, 0.25) is 0 Å². The van der Waals surface area contributed by atoms with Crippen molar-refractivity contribution < 1.29 is 9.90 Å². The van der Waals surface area contributed by atoms with Crippen LogP contribution in [0.25, 0.3) is 0 Å². The molecule has 2 rings (SSSR count). The third kappa shape index (κ3) is 2.97. The monoisotopic (exact) mass is 249 g/mol. The van der Waals surface area contributed by atoms with E-state index in [1.807, 2.05) is 13.8 Å². The molecule has 18 heavy (non-hydrogen) atoms. The summed E-state index contributed by atoms with van der Waals surface area (Å²) in [5.74, 6) is 0.556. The van der Waals surface area contributed by atoms with Gasteiger partial charge in [-0.1, -0.05) is 0 Å². The van der Waals surface area contributed by atoms with E-state index in [1.165, 1.54) is 0 Å². The minimum atomic E-state index is -0.694. The Balaban J connectivity index is 2.01. The second kappa shape index (κ2) is 5.33. The van der Waals surface area contributed by atoms with Crippen LogP contribution >= 0.6 is 0 Å². The average molecular weight is 249 g/mol. The summed E-state index contributed by atoms with van der Waals surface area (Å²) in [7, 11) is 0. The second-order valence-electron chi connectivity index (χ2n) is 4.95. The lowest BCUT2D eigenvalue weighted by molar-refractivity contribution is -0.138. The van der Waals surface area contributed by atoms with E-state index in [2.05, 4.69) is 14.9 Å². The van der Waals surface area contributed by atoms with Crippen molar-refractivity contribution >= 4 is 11.8 Å². The maximum atomic E-state index is 10.7. The van der Waals surface area contributed by atoms with Crippen molar-refractivity contribution in [3.63, 3.8) is 0 Å². The first-order chi connectivity index (χ1) is 8.56. The molecular formula is C13H19N3O2. The van der Waals surface area contributed by atoms with E-state index in [4.69, 9.17) is 5.11 Å². The predicted molar refractivity (Wildman–Crippen MR) is 68.7 cm³/mol. The zero-order valence-corrected chi connectivity index (χ0v) is 10.9. The maximum absolute atomic E-state index is 10.7. The molecule has 0 amide bonds. The van der Waals surface area contributed by atoms with Gasteiger partial charge in [0.15, 0.2) is 0 Å². The van der Waals surface area contributed by atoms with Crippen LogP contribution in [0.2, 0.25) is 0 Å². The molecule has 1 aromatic rings. The molecule has 0 bridgehead atoms. The van der Waals surface area contributed by atoms with E-state index >= 15 is 0 Å². The molecule has 0 radical (unpaired) electrons. The van der Waals surface area contributed by atoms with E-state index in [0.29, 0.717) is 5.92 Å². The second-order valence-corrected chi connectivity index (χ2v) is 4.95. The van der Waals surface area contributed by atoms with Crippen LogP contribution < -0.4 is 4.90 Å². The molecule has 1 aliphatic rings. The molecule has 1 fully saturated rings. The summed E-state index contributed by atoms with van der Waals surface area (Å²) >= 11 is 0. The SMILES string of the molecule is Cc1cnc(C)c(N2CCC(CC(=O)O)CC2)n1. The smallest absolute Gasteiger partial charge is 0.303 e. The van der Waals surface area contributed by atoms with Gasteiger partial charge >= 0.3 is 5.97 Å². The number of carboxylic acid groups (broad SMARTS) is 1. The van der Waals surface area contributed by atoms with Gasteiger partial charge in [-0.2, -0.15) is 0 Å². The Kier molecular flexibility index (Phi) is 3.79. The first-order valence-electron chi connectivity index (χ1n) is 6.33. The van der Waals surface area contributed by atoms with Gasteiger partial charge in [0, 0.05) is 25.7 Å². The quantitative estimate of drug-likeness (QED) is 0.884. The Morgan fingerprint density at radius 2 is 2.11 bits per heavy atom. The van der Waals surface area contributed by atoms with Crippen LogP contribution in [0.5, 0.6) is 0 Å². The number of carboxylic acids is 1. The number of hydrogen-bond donors (Lipinski definition) is 1. The van der Waals surface area contributed by atoms with Crippen molar-refractivity contribution in [2.75, 3.05) is 18.0 Å². The normalized spacial score (nSPS) is 16.9. The fourth-order valence-corrected chi connectivity index (χ4v) is 2.42. The van der Waals surface area contributed by atoms with Gasteiger partial charge in [0.05, 0.1) is 11.4 Å². The Hall–Kier alpha value is -1.65. The van der Waals surface area contributed by atoms with Crippen molar-refractivity contribution in [3.8, 4) is 0 Å². The highest BCUT2D eigenvalue weighted by molar-refractivity contribution is 5.67. The van der Waals surface area contributed by atoms with Crippen LogP contribution in [0.15, 0.2) is 6.20 Å². The van der Waals surface area contributed by atoms with Crippen LogP contribution in [0.1, 0.15) is 30.7 Å². The van der Waals surface area contributed by atoms with Gasteiger partial charge in [-0.25, -0.2) is 4.98 Å². The number of aryl methyl sites for hydroxylation is 2. The molecule has 0 aliphatic carbocycles. The highest BCUT2D eigenvalue weighted by atomic mass is 16.4. The van der Waals surface area contributed by atoms with Crippen LogP contribution in [-0.4, -0.2) is 34.1 Å². The summed E-state index contributed by atoms with van der Waals surface area (Å²) in [6.07, 6.45) is 3.89. The Morgan fingerprint density at radius 3 is 2.72 bits per heavy atom. The Bertz CT molecular complexity index is 440. The van der Waals surface area contributed by atoms with Gasteiger partial charge in [0.1, 0.15) is 5.82 Å². The minimum Gasteiger partial charge on any atom is -0.481 e. The van der Waals surface area contributed by atoms with E-state index in [1.54, 1.807) is 6.20 Å². The molecule has 0 spiro atoms. The summed E-state index contributed by atoms with van der Waals surface area (Å²) in [4.78, 5) is 21.8. The Labute approximate surface area is 107 Å². The molecule has 1 saturated heterocycles. The topological polar surface area (TPSA) is 66.3 Å². The zero-order valence-electron chi connectivity index (χ0n) is 10.9. The summed E-state index contributed by atoms with van der Waals surface area (Å²) in [6, 6.07) is 0. The molecular weight excluding hydrogens is 230 g/mol. The lowest BCUT2D eigenvalue weighted by Crippen LogP contribution is -2.35. The number of rotatable bonds is 3. The predicted octanol–water partition coefficient (Wildman–Crippen LogP) is 1.78. The molecule has 0 saturated carbocycles. The van der Waals surface area contributed by atoms with Crippen molar-refractivity contribution in [2.45, 2.75) is 33.1 Å². The fourth-order valence-electron chi connectivity index (χ4n) is 2.42. The zero-order chi connectivity index (χ0) is 13.1. The first-order valence-corrected chi connectivity index (χ1v) is 6.33. The number of carbonyl (C=O) groups is 1. The van der Waals surface area contributed by atoms with Crippen molar-refractivity contribution in [3.05, 3.63) is 17.6 Å².